The Morgan fingerprint density at radius 3 is 2.74 bits per heavy atom. The van der Waals surface area contributed by atoms with E-state index < -0.39 is 24.5 Å². The number of hydrogen-bond acceptors (Lipinski definition) is 5. The van der Waals surface area contributed by atoms with Crippen molar-refractivity contribution in [3.8, 4) is 0 Å². The predicted octanol–water partition coefficient (Wildman–Crippen LogP) is 3.33. The van der Waals surface area contributed by atoms with E-state index in [2.05, 4.69) is 10.3 Å². The van der Waals surface area contributed by atoms with E-state index in [0.717, 1.165) is 22.7 Å². The highest BCUT2D eigenvalue weighted by atomic mass is 32.1. The number of nitrogens with one attached hydrogen (secondary N) is 1. The molecule has 124 valence electrons. The monoisotopic (exact) mass is 364 g/mol. The third kappa shape index (κ3) is 5.03. The number of carbonyl (C=O) groups excluding carboxylic acids is 1. The molecule has 5 nitrogen and oxygen atoms in total. The number of carboxylic acid groups (broad SMARTS) is 1. The summed E-state index contributed by atoms with van der Waals surface area (Å²) in [4.78, 5) is 27.0. The van der Waals surface area contributed by atoms with Crippen molar-refractivity contribution in [2.75, 3.05) is 0 Å². The van der Waals surface area contributed by atoms with E-state index in [1.165, 1.54) is 6.20 Å². The molecule has 2 aromatic heterocycles. The van der Waals surface area contributed by atoms with E-state index in [9.17, 15) is 22.8 Å². The standard InChI is InChI=1S/C13H11F3N2O3S2/c14-13(15,16)3-1-9-17-6-8(23-9)11(19)18-5-7-2-4-22-10(7)12(20)21/h2,4,6H,1,3,5H2,(H,18,19)(H,20,21). The minimum atomic E-state index is -4.26. The molecular formula is C13H11F3N2O3S2. The zero-order valence-electron chi connectivity index (χ0n) is 11.5. The van der Waals surface area contributed by atoms with Gasteiger partial charge in [0.05, 0.1) is 11.2 Å². The number of amides is 1. The summed E-state index contributed by atoms with van der Waals surface area (Å²) < 4.78 is 36.4. The molecule has 2 N–H and O–H groups in total. The van der Waals surface area contributed by atoms with Gasteiger partial charge in [-0.2, -0.15) is 13.2 Å². The number of halogens is 3. The summed E-state index contributed by atoms with van der Waals surface area (Å²) in [6.07, 6.45) is -4.30. The van der Waals surface area contributed by atoms with E-state index in [1.807, 2.05) is 0 Å². The number of aromatic carboxylic acids is 1. The van der Waals surface area contributed by atoms with Crippen molar-refractivity contribution in [2.45, 2.75) is 25.6 Å². The van der Waals surface area contributed by atoms with Crippen LogP contribution in [-0.4, -0.2) is 28.1 Å². The highest BCUT2D eigenvalue weighted by Crippen LogP contribution is 2.24. The van der Waals surface area contributed by atoms with Crippen LogP contribution < -0.4 is 5.32 Å². The fourth-order valence-corrected chi connectivity index (χ4v) is 3.30. The van der Waals surface area contributed by atoms with Gasteiger partial charge >= 0.3 is 12.1 Å². The van der Waals surface area contributed by atoms with Crippen LogP contribution in [0, 0.1) is 0 Å². The van der Waals surface area contributed by atoms with E-state index in [0.29, 0.717) is 5.56 Å². The maximum absolute atomic E-state index is 12.1. The molecule has 0 aliphatic rings. The van der Waals surface area contributed by atoms with Gasteiger partial charge in [0.1, 0.15) is 9.75 Å². The van der Waals surface area contributed by atoms with E-state index >= 15 is 0 Å². The van der Waals surface area contributed by atoms with Crippen LogP contribution in [0.4, 0.5) is 13.2 Å². The molecule has 0 aromatic carbocycles. The van der Waals surface area contributed by atoms with Crippen LogP contribution in [0.2, 0.25) is 0 Å². The number of aryl methyl sites for hydroxylation is 1. The van der Waals surface area contributed by atoms with Crippen molar-refractivity contribution in [3.05, 3.63) is 38.0 Å². The second kappa shape index (κ2) is 7.09. The molecule has 0 atom stereocenters. The summed E-state index contributed by atoms with van der Waals surface area (Å²) in [6, 6.07) is 1.59. The Hall–Kier alpha value is -1.94. The quantitative estimate of drug-likeness (QED) is 0.824. The Kier molecular flexibility index (Phi) is 5.37. The van der Waals surface area contributed by atoms with Crippen molar-refractivity contribution in [3.63, 3.8) is 0 Å². The van der Waals surface area contributed by atoms with Gasteiger partial charge in [0, 0.05) is 19.4 Å². The fraction of sp³-hybridized carbons (Fsp3) is 0.308. The van der Waals surface area contributed by atoms with E-state index in [1.54, 1.807) is 11.4 Å². The average molecular weight is 364 g/mol. The molecule has 2 heterocycles. The Morgan fingerprint density at radius 1 is 1.35 bits per heavy atom. The zero-order chi connectivity index (χ0) is 17.0. The van der Waals surface area contributed by atoms with E-state index in [4.69, 9.17) is 5.11 Å². The van der Waals surface area contributed by atoms with Crippen LogP contribution in [0.3, 0.4) is 0 Å². The average Bonchev–Trinajstić information content (AvgIpc) is 3.10. The van der Waals surface area contributed by atoms with Gasteiger partial charge in [-0.1, -0.05) is 0 Å². The largest absolute Gasteiger partial charge is 0.477 e. The first-order chi connectivity index (χ1) is 10.8. The molecule has 1 amide bonds. The van der Waals surface area contributed by atoms with E-state index in [-0.39, 0.29) is 27.7 Å². The van der Waals surface area contributed by atoms with Gasteiger partial charge < -0.3 is 10.4 Å². The lowest BCUT2D eigenvalue weighted by Crippen LogP contribution is -2.22. The first-order valence-electron chi connectivity index (χ1n) is 6.35. The Morgan fingerprint density at radius 2 is 2.09 bits per heavy atom. The van der Waals surface area contributed by atoms with Gasteiger partial charge in [-0.05, 0) is 17.0 Å². The molecule has 0 unspecified atom stereocenters. The summed E-state index contributed by atoms with van der Waals surface area (Å²) in [5.74, 6) is -1.57. The highest BCUT2D eigenvalue weighted by molar-refractivity contribution is 7.13. The molecule has 0 saturated carbocycles. The summed E-state index contributed by atoms with van der Waals surface area (Å²) in [7, 11) is 0. The van der Waals surface area contributed by atoms with Crippen LogP contribution in [0.5, 0.6) is 0 Å². The highest BCUT2D eigenvalue weighted by Gasteiger charge is 2.27. The van der Waals surface area contributed by atoms with Gasteiger partial charge in [-0.15, -0.1) is 22.7 Å². The van der Waals surface area contributed by atoms with Crippen LogP contribution in [0.25, 0.3) is 0 Å². The predicted molar refractivity (Wildman–Crippen MR) is 78.9 cm³/mol. The number of thiophene rings is 1. The molecule has 2 aromatic rings. The third-order valence-corrected chi connectivity index (χ3v) is 4.78. The number of rotatable bonds is 6. The number of hydrogen-bond donors (Lipinski definition) is 2. The van der Waals surface area contributed by atoms with Gasteiger partial charge in [0.2, 0.25) is 0 Å². The molecule has 23 heavy (non-hydrogen) atoms. The van der Waals surface area contributed by atoms with Crippen molar-refractivity contribution in [1.29, 1.82) is 0 Å². The summed E-state index contributed by atoms with van der Waals surface area (Å²) >= 11 is 1.94. The Labute approximate surface area is 136 Å². The van der Waals surface area contributed by atoms with Crippen molar-refractivity contribution in [1.82, 2.24) is 10.3 Å². The smallest absolute Gasteiger partial charge is 0.389 e. The molecule has 10 heteroatoms. The van der Waals surface area contributed by atoms with Crippen LogP contribution in [-0.2, 0) is 13.0 Å². The molecule has 0 bridgehead atoms. The molecular weight excluding hydrogens is 353 g/mol. The lowest BCUT2D eigenvalue weighted by atomic mass is 10.2. The molecule has 0 spiro atoms. The minimum Gasteiger partial charge on any atom is -0.477 e. The van der Waals surface area contributed by atoms with Crippen molar-refractivity contribution in [2.24, 2.45) is 0 Å². The van der Waals surface area contributed by atoms with Crippen molar-refractivity contribution >= 4 is 34.6 Å². The summed E-state index contributed by atoms with van der Waals surface area (Å²) in [5, 5.41) is 13.3. The van der Waals surface area contributed by atoms with Gasteiger partial charge in [0.25, 0.3) is 5.91 Å². The summed E-state index contributed by atoms with van der Waals surface area (Å²) in [5.41, 5.74) is 0.470. The topological polar surface area (TPSA) is 79.3 Å². The van der Waals surface area contributed by atoms with Gasteiger partial charge in [-0.25, -0.2) is 9.78 Å². The SMILES string of the molecule is O=C(NCc1ccsc1C(=O)O)c1cnc(CCC(F)(F)F)s1. The second-order valence-electron chi connectivity index (χ2n) is 4.50. The maximum Gasteiger partial charge on any atom is 0.389 e. The zero-order valence-corrected chi connectivity index (χ0v) is 13.1. The van der Waals surface area contributed by atoms with Crippen LogP contribution >= 0.6 is 22.7 Å². The van der Waals surface area contributed by atoms with Gasteiger partial charge in [0.15, 0.2) is 0 Å². The molecule has 0 saturated heterocycles. The number of carbonyl (C=O) groups is 2. The number of aromatic nitrogens is 1. The maximum atomic E-state index is 12.1. The van der Waals surface area contributed by atoms with Gasteiger partial charge in [-0.3, -0.25) is 4.79 Å². The number of nitrogens with zero attached hydrogens (tertiary/aromatic N) is 1. The van der Waals surface area contributed by atoms with Crippen LogP contribution in [0.1, 0.15) is 36.3 Å². The number of thiazole rings is 1. The normalized spacial score (nSPS) is 11.4. The first kappa shape index (κ1) is 17.4. The fourth-order valence-electron chi connectivity index (χ4n) is 1.70. The minimum absolute atomic E-state index is 0.0275. The molecule has 0 fully saturated rings. The Balaban J connectivity index is 1.92. The molecule has 0 aliphatic carbocycles. The number of carboxylic acids is 1. The third-order valence-electron chi connectivity index (χ3n) is 2.78. The summed E-state index contributed by atoms with van der Waals surface area (Å²) in [6.45, 7) is 0.0275. The Bertz CT molecular complexity index is 709. The lowest BCUT2D eigenvalue weighted by molar-refractivity contribution is -0.134. The van der Waals surface area contributed by atoms with Crippen molar-refractivity contribution < 1.29 is 27.9 Å². The first-order valence-corrected chi connectivity index (χ1v) is 8.05. The molecule has 2 rings (SSSR count). The van der Waals surface area contributed by atoms with Crippen LogP contribution in [0.15, 0.2) is 17.6 Å². The lowest BCUT2D eigenvalue weighted by Gasteiger charge is -2.03. The number of alkyl halides is 3. The molecule has 0 aliphatic heterocycles. The molecule has 0 radical (unpaired) electrons. The second-order valence-corrected chi connectivity index (χ2v) is 6.53.